The Labute approximate surface area is 126 Å². The van der Waals surface area contributed by atoms with Gasteiger partial charge in [-0.3, -0.25) is 14.9 Å². The molecule has 0 saturated heterocycles. The number of hydrogen-bond donors (Lipinski definition) is 2. The number of nitrogens with zero attached hydrogens (tertiary/aromatic N) is 1. The van der Waals surface area contributed by atoms with Gasteiger partial charge in [0.05, 0.1) is 16.4 Å². The number of nitrogens with one attached hydrogen (secondary N) is 1. The van der Waals surface area contributed by atoms with Crippen molar-refractivity contribution in [2.75, 3.05) is 5.75 Å². The van der Waals surface area contributed by atoms with Crippen molar-refractivity contribution in [1.29, 1.82) is 0 Å². The molecule has 1 amide bonds. The minimum Gasteiger partial charge on any atom is -0.480 e. The van der Waals surface area contributed by atoms with Gasteiger partial charge in [-0.15, -0.1) is 0 Å². The molecule has 120 valence electrons. The van der Waals surface area contributed by atoms with Gasteiger partial charge in [0.15, 0.2) is 9.84 Å². The normalized spacial score (nSPS) is 12.4. The molecule has 1 rings (SSSR count). The lowest BCUT2D eigenvalue weighted by atomic mass is 10.2. The fourth-order valence-electron chi connectivity index (χ4n) is 1.70. The zero-order valence-corrected chi connectivity index (χ0v) is 12.4. The zero-order chi connectivity index (χ0) is 16.9. The summed E-state index contributed by atoms with van der Waals surface area (Å²) in [6.45, 7) is 1.08. The third-order valence-corrected chi connectivity index (χ3v) is 4.24. The number of aliphatic carboxylic acids is 1. The maximum Gasteiger partial charge on any atom is 0.327 e. The number of carbonyl (C=O) groups is 2. The van der Waals surface area contributed by atoms with E-state index in [2.05, 4.69) is 0 Å². The van der Waals surface area contributed by atoms with E-state index in [1.54, 1.807) is 0 Å². The summed E-state index contributed by atoms with van der Waals surface area (Å²) in [5, 5.41) is 21.4. The third-order valence-electron chi connectivity index (χ3n) is 2.63. The van der Waals surface area contributed by atoms with Gasteiger partial charge >= 0.3 is 5.97 Å². The van der Waals surface area contributed by atoms with E-state index in [1.807, 2.05) is 5.32 Å². The number of sulfone groups is 1. The molecule has 2 N–H and O–H groups in total. The van der Waals surface area contributed by atoms with Gasteiger partial charge in [-0.2, -0.15) is 0 Å². The van der Waals surface area contributed by atoms with E-state index in [9.17, 15) is 28.1 Å². The number of carboxylic acid groups (broad SMARTS) is 1. The summed E-state index contributed by atoms with van der Waals surface area (Å²) >= 11 is 0. The first-order chi connectivity index (χ1) is 10.1. The van der Waals surface area contributed by atoms with Crippen molar-refractivity contribution in [2.45, 2.75) is 18.7 Å². The van der Waals surface area contributed by atoms with Crippen LogP contribution in [-0.4, -0.2) is 42.1 Å². The number of rotatable bonds is 7. The molecule has 1 unspecified atom stereocenters. The van der Waals surface area contributed by atoms with E-state index in [1.165, 1.54) is 12.1 Å². The molecule has 1 atom stereocenters. The van der Waals surface area contributed by atoms with Crippen molar-refractivity contribution in [3.63, 3.8) is 0 Å². The molecule has 0 radical (unpaired) electrons. The predicted molar refractivity (Wildman–Crippen MR) is 75.8 cm³/mol. The summed E-state index contributed by atoms with van der Waals surface area (Å²) in [6, 6.07) is 3.34. The van der Waals surface area contributed by atoms with E-state index < -0.39 is 44.2 Å². The van der Waals surface area contributed by atoms with Crippen molar-refractivity contribution in [1.82, 2.24) is 5.32 Å². The smallest absolute Gasteiger partial charge is 0.327 e. The molecular formula is C12H14N2O7S. The molecule has 1 aromatic rings. The average Bonchev–Trinajstić information content (AvgIpc) is 2.37. The van der Waals surface area contributed by atoms with Crippen LogP contribution >= 0.6 is 0 Å². The van der Waals surface area contributed by atoms with Gasteiger partial charge in [-0.25, -0.2) is 13.2 Å². The fourth-order valence-corrected chi connectivity index (χ4v) is 3.25. The number of nitro benzene ring substituents is 1. The van der Waals surface area contributed by atoms with E-state index >= 15 is 0 Å². The molecule has 0 aliphatic heterocycles. The monoisotopic (exact) mass is 330 g/mol. The Morgan fingerprint density at radius 3 is 2.27 bits per heavy atom. The van der Waals surface area contributed by atoms with E-state index in [-0.39, 0.29) is 11.3 Å². The highest BCUT2D eigenvalue weighted by Gasteiger charge is 2.26. The molecule has 1 aromatic carbocycles. The molecular weight excluding hydrogens is 316 g/mol. The van der Waals surface area contributed by atoms with Crippen LogP contribution in [0.3, 0.4) is 0 Å². The summed E-state index contributed by atoms with van der Waals surface area (Å²) in [5.74, 6) is -3.35. The minimum atomic E-state index is -3.82. The van der Waals surface area contributed by atoms with Crippen LogP contribution in [0.15, 0.2) is 24.3 Å². The molecule has 0 heterocycles. The molecule has 0 saturated carbocycles. The Balaban J connectivity index is 2.83. The predicted octanol–water partition coefficient (Wildman–Crippen LogP) is 0.0989. The molecule has 0 bridgehead atoms. The number of nitro groups is 1. The molecule has 0 aliphatic carbocycles. The summed E-state index contributed by atoms with van der Waals surface area (Å²) in [4.78, 5) is 31.7. The molecule has 9 nitrogen and oxygen atoms in total. The lowest BCUT2D eigenvalue weighted by molar-refractivity contribution is -0.384. The van der Waals surface area contributed by atoms with Gasteiger partial charge in [0.25, 0.3) is 5.69 Å². The highest BCUT2D eigenvalue weighted by Crippen LogP contribution is 2.14. The lowest BCUT2D eigenvalue weighted by Crippen LogP contribution is -2.44. The van der Waals surface area contributed by atoms with Crippen molar-refractivity contribution in [3.8, 4) is 0 Å². The molecule has 0 fully saturated rings. The molecule has 0 spiro atoms. The summed E-state index contributed by atoms with van der Waals surface area (Å²) in [6.07, 6.45) is 0. The molecule has 22 heavy (non-hydrogen) atoms. The highest BCUT2D eigenvalue weighted by molar-refractivity contribution is 7.90. The van der Waals surface area contributed by atoms with Crippen LogP contribution in [0.1, 0.15) is 12.5 Å². The Morgan fingerprint density at radius 2 is 1.86 bits per heavy atom. The maximum atomic E-state index is 12.0. The number of non-ortho nitro benzene ring substituents is 1. The quantitative estimate of drug-likeness (QED) is 0.533. The first kappa shape index (κ1) is 17.6. The Morgan fingerprint density at radius 1 is 1.32 bits per heavy atom. The van der Waals surface area contributed by atoms with Crippen LogP contribution in [0.4, 0.5) is 5.69 Å². The zero-order valence-electron chi connectivity index (χ0n) is 11.6. The second-order valence-corrected chi connectivity index (χ2v) is 6.68. The second kappa shape index (κ2) is 6.98. The summed E-state index contributed by atoms with van der Waals surface area (Å²) in [7, 11) is -3.82. The van der Waals surface area contributed by atoms with Crippen LogP contribution in [0.5, 0.6) is 0 Å². The molecule has 0 aromatic heterocycles. The van der Waals surface area contributed by atoms with Crippen LogP contribution in [0, 0.1) is 10.1 Å². The number of benzene rings is 1. The van der Waals surface area contributed by atoms with Gasteiger partial charge < -0.3 is 10.4 Å². The Bertz CT molecular complexity index is 682. The second-order valence-electron chi connectivity index (χ2n) is 4.57. The maximum absolute atomic E-state index is 12.0. The van der Waals surface area contributed by atoms with Crippen LogP contribution in [-0.2, 0) is 25.2 Å². The van der Waals surface area contributed by atoms with E-state index in [4.69, 9.17) is 5.11 Å². The minimum absolute atomic E-state index is 0.178. The third kappa shape index (κ3) is 5.48. The first-order valence-corrected chi connectivity index (χ1v) is 7.86. The van der Waals surface area contributed by atoms with Crippen LogP contribution < -0.4 is 5.32 Å². The average molecular weight is 330 g/mol. The standard InChI is InChI=1S/C12H14N2O7S/c1-8(15)13-11(12(16)17)7-22(20,21)6-9-2-4-10(5-3-9)14(18)19/h2-5,11H,6-7H2,1H3,(H,13,15)(H,16,17). The fraction of sp³-hybridized carbons (Fsp3) is 0.333. The number of carbonyl (C=O) groups excluding carboxylic acids is 1. The molecule has 10 heteroatoms. The number of hydrogen-bond acceptors (Lipinski definition) is 6. The highest BCUT2D eigenvalue weighted by atomic mass is 32.2. The molecule has 0 aliphatic rings. The SMILES string of the molecule is CC(=O)NC(CS(=O)(=O)Cc1ccc([N+](=O)[O-])cc1)C(=O)O. The number of amides is 1. The van der Waals surface area contributed by atoms with E-state index in [0.717, 1.165) is 19.1 Å². The van der Waals surface area contributed by atoms with Crippen molar-refractivity contribution in [3.05, 3.63) is 39.9 Å². The Kier molecular flexibility index (Phi) is 5.57. The van der Waals surface area contributed by atoms with Gasteiger partial charge in [0.1, 0.15) is 6.04 Å². The number of carboxylic acids is 1. The van der Waals surface area contributed by atoms with Gasteiger partial charge in [-0.1, -0.05) is 12.1 Å². The van der Waals surface area contributed by atoms with Gasteiger partial charge in [-0.05, 0) is 5.56 Å². The van der Waals surface area contributed by atoms with E-state index in [0.29, 0.717) is 0 Å². The summed E-state index contributed by atoms with van der Waals surface area (Å²) < 4.78 is 23.9. The lowest BCUT2D eigenvalue weighted by Gasteiger charge is -2.13. The topological polar surface area (TPSA) is 144 Å². The van der Waals surface area contributed by atoms with Crippen molar-refractivity contribution < 1.29 is 28.0 Å². The van der Waals surface area contributed by atoms with Gasteiger partial charge in [0, 0.05) is 19.1 Å². The summed E-state index contributed by atoms with van der Waals surface area (Å²) in [5.41, 5.74) is 0.111. The first-order valence-electron chi connectivity index (χ1n) is 6.04. The van der Waals surface area contributed by atoms with Crippen molar-refractivity contribution >= 4 is 27.4 Å². The largest absolute Gasteiger partial charge is 0.480 e. The van der Waals surface area contributed by atoms with Crippen LogP contribution in [0.2, 0.25) is 0 Å². The van der Waals surface area contributed by atoms with Crippen LogP contribution in [0.25, 0.3) is 0 Å². The van der Waals surface area contributed by atoms with Crippen molar-refractivity contribution in [2.24, 2.45) is 0 Å². The Hall–Kier alpha value is -2.49. The van der Waals surface area contributed by atoms with Gasteiger partial charge in [0.2, 0.25) is 5.91 Å².